The van der Waals surface area contributed by atoms with Crippen LogP contribution >= 0.6 is 0 Å². The van der Waals surface area contributed by atoms with Crippen molar-refractivity contribution in [3.8, 4) is 0 Å². The van der Waals surface area contributed by atoms with E-state index in [0.29, 0.717) is 0 Å². The molecule has 1 nitrogen and oxygen atoms in total. The first-order valence-corrected chi connectivity index (χ1v) is 0.316. The summed E-state index contributed by atoms with van der Waals surface area (Å²) in [5, 5.41) is 6.75. The van der Waals surface area contributed by atoms with Crippen LogP contribution in [-0.2, 0) is 40.5 Å². The predicted molar refractivity (Wildman–Crippen MR) is 7.29 cm³/mol. The number of rotatable bonds is 0. The Bertz CT molecular complexity index is 8.00. The molecule has 0 saturated carbocycles. The molecule has 0 aromatic carbocycles. The van der Waals surface area contributed by atoms with Crippen molar-refractivity contribution in [2.24, 2.45) is 0 Å². The number of hydrogen-bond acceptors (Lipinski definition) is 1. The average Bonchev–Trinajstić information content (AvgIpc) is 1.00. The van der Waals surface area contributed by atoms with Gasteiger partial charge in [0.1, 0.15) is 0 Å². The van der Waals surface area contributed by atoms with E-state index in [-0.39, 0.29) is 40.5 Å². The molecule has 0 aliphatic heterocycles. The second kappa shape index (κ2) is 28.3. The largest absolute Gasteiger partial charge is 0.569 e. The van der Waals surface area contributed by atoms with E-state index in [2.05, 4.69) is 7.11 Å². The third-order valence-electron chi connectivity index (χ3n) is 0. The summed E-state index contributed by atoms with van der Waals surface area (Å²) in [4.78, 5) is 0. The quantitative estimate of drug-likeness (QED) is 0.496. The van der Waals surface area contributed by atoms with Crippen LogP contribution in [0.2, 0.25) is 0 Å². The van der Waals surface area contributed by atoms with Gasteiger partial charge in [-0.3, -0.25) is 0 Å². The van der Waals surface area contributed by atoms with E-state index >= 15 is 0 Å². The number of aliphatic hydroxyl groups excluding tert-OH is 1. The van der Waals surface area contributed by atoms with Crippen molar-refractivity contribution in [3.63, 3.8) is 0 Å². The minimum Gasteiger partial charge on any atom is -0.569 e. The fourth-order valence-corrected chi connectivity index (χ4v) is 0. The molecule has 0 amide bonds. The van der Waals surface area contributed by atoms with Crippen molar-refractivity contribution < 1.29 is 45.6 Å². The van der Waals surface area contributed by atoms with E-state index in [4.69, 9.17) is 5.11 Å². The summed E-state index contributed by atoms with van der Waals surface area (Å²) in [5.74, 6) is 0. The third kappa shape index (κ3) is 10.4. The van der Waals surface area contributed by atoms with Crippen LogP contribution in [0.1, 0.15) is 0 Å². The first kappa shape index (κ1) is 18.6. The van der Waals surface area contributed by atoms with Crippen molar-refractivity contribution in [1.82, 2.24) is 0 Å². The Morgan fingerprint density at radius 1 is 1.25 bits per heavy atom. The molecule has 0 radical (unpaired) electrons. The molecular weight excluding hydrogens is 324 g/mol. The molecule has 32 valence electrons. The summed E-state index contributed by atoms with van der Waals surface area (Å²) in [6, 6.07) is 0. The van der Waals surface area contributed by atoms with Gasteiger partial charge in [0.05, 0.1) is 0 Å². The molecule has 0 fully saturated rings. The third-order valence-corrected chi connectivity index (χ3v) is 0. The maximum absolute atomic E-state index is 6.75. The minimum atomic E-state index is 0. The van der Waals surface area contributed by atoms with Crippen LogP contribution in [-0.4, -0.2) is 5.11 Å². The Kier molecular flexibility index (Phi) is 132. The molecule has 0 unspecified atom stereocenters. The van der Waals surface area contributed by atoms with Gasteiger partial charge >= 0.3 is 0 Å². The summed E-state index contributed by atoms with van der Waals surface area (Å²) < 4.78 is 0. The summed E-state index contributed by atoms with van der Waals surface area (Å²) >= 11 is 0. The van der Waals surface area contributed by atoms with Crippen LogP contribution in [0.5, 0.6) is 0 Å². The number of hydrogen-bond donors (Lipinski definition) is 1. The van der Waals surface area contributed by atoms with Crippen LogP contribution in [0.15, 0.2) is 0 Å². The minimum absolute atomic E-state index is 0. The molecule has 0 spiro atoms. The van der Waals surface area contributed by atoms with E-state index < -0.39 is 0 Å². The van der Waals surface area contributed by atoms with E-state index in [1.807, 2.05) is 0 Å². The second-order valence-corrected chi connectivity index (χ2v) is 0. The van der Waals surface area contributed by atoms with Gasteiger partial charge < -0.3 is 5.11 Å². The maximum atomic E-state index is 6.75. The fourth-order valence-electron chi connectivity index (χ4n) is 0. The molecule has 0 rings (SSSR count). The van der Waals surface area contributed by atoms with Crippen LogP contribution in [0, 0.1) is 7.11 Å². The fraction of sp³-hybridized carbons (Fsp3) is 0. The van der Waals surface area contributed by atoms with Crippen LogP contribution < -0.4 is 0 Å². The Morgan fingerprint density at radius 2 is 1.25 bits per heavy atom. The van der Waals surface area contributed by atoms with Crippen LogP contribution in [0.25, 0.3) is 0 Å². The van der Waals surface area contributed by atoms with Crippen molar-refractivity contribution in [2.75, 3.05) is 0 Å². The molecule has 0 aliphatic rings. The first-order chi connectivity index (χ1) is 1.00. The Labute approximate surface area is 52.8 Å². The van der Waals surface area contributed by atoms with E-state index in [0.717, 1.165) is 0 Å². The normalized spacial score (nSPS) is 1.50. The zero-order valence-corrected chi connectivity index (χ0v) is 5.83. The topological polar surface area (TPSA) is 20.2 Å². The van der Waals surface area contributed by atoms with Gasteiger partial charge in [-0.1, -0.05) is 0 Å². The SMILES string of the molecule is [CH2-]O.[Pt].[Ru]. The van der Waals surface area contributed by atoms with Crippen LogP contribution in [0.3, 0.4) is 0 Å². The predicted octanol–water partition coefficient (Wildman–Crippen LogP) is 0.145. The molecule has 0 heterocycles. The Morgan fingerprint density at radius 3 is 1.25 bits per heavy atom. The molecule has 1 N–H and O–H groups in total. The smallest absolute Gasteiger partial charge is 0 e. The summed E-state index contributed by atoms with van der Waals surface area (Å²) in [5.41, 5.74) is 0. The van der Waals surface area contributed by atoms with Crippen molar-refractivity contribution in [1.29, 1.82) is 0 Å². The van der Waals surface area contributed by atoms with E-state index in [1.165, 1.54) is 0 Å². The van der Waals surface area contributed by atoms with Crippen molar-refractivity contribution in [2.45, 2.75) is 0 Å². The summed E-state index contributed by atoms with van der Waals surface area (Å²) in [7, 11) is 2.25. The zero-order valence-electron chi connectivity index (χ0n) is 1.82. The molecular formula is CH3OPtRu-. The summed E-state index contributed by atoms with van der Waals surface area (Å²) in [6.45, 7) is 0. The van der Waals surface area contributed by atoms with E-state index in [1.54, 1.807) is 0 Å². The molecule has 0 aromatic rings. The van der Waals surface area contributed by atoms with E-state index in [9.17, 15) is 0 Å². The van der Waals surface area contributed by atoms with Gasteiger partial charge in [-0.15, -0.1) is 0 Å². The second-order valence-electron chi connectivity index (χ2n) is 0. The summed E-state index contributed by atoms with van der Waals surface area (Å²) in [6.07, 6.45) is 0. The molecule has 0 aromatic heterocycles. The van der Waals surface area contributed by atoms with Gasteiger partial charge in [0, 0.05) is 40.5 Å². The van der Waals surface area contributed by atoms with Crippen molar-refractivity contribution >= 4 is 0 Å². The molecule has 4 heavy (non-hydrogen) atoms. The van der Waals surface area contributed by atoms with Gasteiger partial charge in [0.2, 0.25) is 0 Å². The average molecular weight is 327 g/mol. The zero-order chi connectivity index (χ0) is 2.00. The van der Waals surface area contributed by atoms with Crippen LogP contribution in [0.4, 0.5) is 0 Å². The van der Waals surface area contributed by atoms with Gasteiger partial charge in [-0.25, -0.2) is 7.11 Å². The maximum Gasteiger partial charge on any atom is 0 e. The standard InChI is InChI=1S/CH3O.Pt.Ru/c1-2;;/h2H,1H2;;/q-1;;. The molecule has 0 aliphatic carbocycles. The van der Waals surface area contributed by atoms with Gasteiger partial charge in [-0.05, 0) is 0 Å². The Balaban J connectivity index is -0.00000000500. The van der Waals surface area contributed by atoms with Gasteiger partial charge in [-0.2, -0.15) is 0 Å². The van der Waals surface area contributed by atoms with Gasteiger partial charge in [0.15, 0.2) is 0 Å². The molecule has 0 saturated heterocycles. The molecule has 3 heteroatoms. The molecule has 0 bridgehead atoms. The molecule has 0 atom stereocenters. The first-order valence-electron chi connectivity index (χ1n) is 0.316. The number of aliphatic hydroxyl groups is 1. The van der Waals surface area contributed by atoms with Gasteiger partial charge in [0.25, 0.3) is 0 Å². The monoisotopic (exact) mass is 328 g/mol. The van der Waals surface area contributed by atoms with Crippen molar-refractivity contribution in [3.05, 3.63) is 7.11 Å². The Hall–Kier alpha value is 1.27.